The molecule has 1 saturated heterocycles. The van der Waals surface area contributed by atoms with Crippen molar-refractivity contribution >= 4 is 0 Å². The number of nitrogens with zero attached hydrogens (tertiary/aromatic N) is 1. The molecule has 2 heteroatoms. The Bertz CT molecular complexity index is 147. The first-order chi connectivity index (χ1) is 6.17. The third-order valence-corrected chi connectivity index (χ3v) is 3.37. The van der Waals surface area contributed by atoms with E-state index in [-0.39, 0.29) is 0 Å². The zero-order valence-corrected chi connectivity index (χ0v) is 9.29. The van der Waals surface area contributed by atoms with E-state index in [2.05, 4.69) is 25.7 Å². The van der Waals surface area contributed by atoms with Gasteiger partial charge in [0.1, 0.15) is 0 Å². The van der Waals surface area contributed by atoms with Crippen molar-refractivity contribution in [1.29, 1.82) is 0 Å². The normalized spacial score (nSPS) is 32.3. The summed E-state index contributed by atoms with van der Waals surface area (Å²) in [4.78, 5) is 2.60. The van der Waals surface area contributed by atoms with E-state index in [0.717, 1.165) is 24.4 Å². The highest BCUT2D eigenvalue weighted by Gasteiger charge is 2.28. The summed E-state index contributed by atoms with van der Waals surface area (Å²) >= 11 is 0. The van der Waals surface area contributed by atoms with Crippen molar-refractivity contribution in [2.75, 3.05) is 19.6 Å². The molecule has 3 atom stereocenters. The molecule has 1 heterocycles. The summed E-state index contributed by atoms with van der Waals surface area (Å²) < 4.78 is 0. The van der Waals surface area contributed by atoms with E-state index in [1.165, 1.54) is 25.9 Å². The van der Waals surface area contributed by atoms with Crippen LogP contribution in [0.4, 0.5) is 0 Å². The maximum atomic E-state index is 5.69. The Hall–Kier alpha value is -0.0800. The second kappa shape index (κ2) is 4.97. The van der Waals surface area contributed by atoms with Crippen LogP contribution in [0.3, 0.4) is 0 Å². The Morgan fingerprint density at radius 2 is 2.23 bits per heavy atom. The van der Waals surface area contributed by atoms with Gasteiger partial charge in [0.2, 0.25) is 0 Å². The van der Waals surface area contributed by atoms with Crippen molar-refractivity contribution in [2.24, 2.45) is 17.6 Å². The first-order valence-corrected chi connectivity index (χ1v) is 5.61. The molecule has 0 amide bonds. The minimum Gasteiger partial charge on any atom is -0.330 e. The molecule has 13 heavy (non-hydrogen) atoms. The van der Waals surface area contributed by atoms with Crippen molar-refractivity contribution in [3.63, 3.8) is 0 Å². The highest BCUT2D eigenvalue weighted by Crippen LogP contribution is 2.23. The fraction of sp³-hybridized carbons (Fsp3) is 1.00. The van der Waals surface area contributed by atoms with Crippen LogP contribution in [0.25, 0.3) is 0 Å². The van der Waals surface area contributed by atoms with Crippen LogP contribution in [0.15, 0.2) is 0 Å². The zero-order chi connectivity index (χ0) is 9.84. The highest BCUT2D eigenvalue weighted by molar-refractivity contribution is 4.83. The van der Waals surface area contributed by atoms with Gasteiger partial charge < -0.3 is 10.6 Å². The molecule has 1 aliphatic heterocycles. The van der Waals surface area contributed by atoms with E-state index in [9.17, 15) is 0 Å². The second-order valence-electron chi connectivity index (χ2n) is 4.65. The topological polar surface area (TPSA) is 29.3 Å². The van der Waals surface area contributed by atoms with Crippen LogP contribution in [0.2, 0.25) is 0 Å². The molecule has 2 N–H and O–H groups in total. The standard InChI is InChI=1S/C11H24N2/c1-4-9(2)7-13-8-11(6-12)5-10(13)3/h9-11H,4-8,12H2,1-3H3. The number of hydrogen-bond acceptors (Lipinski definition) is 2. The van der Waals surface area contributed by atoms with E-state index < -0.39 is 0 Å². The van der Waals surface area contributed by atoms with Gasteiger partial charge in [-0.3, -0.25) is 0 Å². The Balaban J connectivity index is 2.34. The van der Waals surface area contributed by atoms with Gasteiger partial charge in [-0.25, -0.2) is 0 Å². The molecule has 3 unspecified atom stereocenters. The lowest BCUT2D eigenvalue weighted by Gasteiger charge is -2.24. The number of nitrogens with two attached hydrogens (primary N) is 1. The molecule has 0 aromatic carbocycles. The lowest BCUT2D eigenvalue weighted by atomic mass is 10.1. The van der Waals surface area contributed by atoms with E-state index >= 15 is 0 Å². The van der Waals surface area contributed by atoms with Crippen molar-refractivity contribution < 1.29 is 0 Å². The number of likely N-dealkylation sites (tertiary alicyclic amines) is 1. The molecule has 78 valence electrons. The monoisotopic (exact) mass is 184 g/mol. The van der Waals surface area contributed by atoms with Gasteiger partial charge in [0.15, 0.2) is 0 Å². The van der Waals surface area contributed by atoms with Crippen molar-refractivity contribution in [1.82, 2.24) is 4.90 Å². The predicted molar refractivity (Wildman–Crippen MR) is 57.7 cm³/mol. The summed E-state index contributed by atoms with van der Waals surface area (Å²) in [5.74, 6) is 1.58. The summed E-state index contributed by atoms with van der Waals surface area (Å²) in [6.45, 7) is 10.3. The van der Waals surface area contributed by atoms with E-state index in [1.54, 1.807) is 0 Å². The van der Waals surface area contributed by atoms with Crippen LogP contribution in [0.5, 0.6) is 0 Å². The SMILES string of the molecule is CCC(C)CN1CC(CN)CC1C. The lowest BCUT2D eigenvalue weighted by molar-refractivity contribution is 0.226. The van der Waals surface area contributed by atoms with Gasteiger partial charge in [0, 0.05) is 19.1 Å². The Morgan fingerprint density at radius 3 is 2.69 bits per heavy atom. The van der Waals surface area contributed by atoms with Crippen LogP contribution in [-0.2, 0) is 0 Å². The molecule has 0 aromatic rings. The second-order valence-corrected chi connectivity index (χ2v) is 4.65. The molecular weight excluding hydrogens is 160 g/mol. The molecule has 0 spiro atoms. The molecule has 1 fully saturated rings. The van der Waals surface area contributed by atoms with E-state index in [1.807, 2.05) is 0 Å². The molecule has 0 radical (unpaired) electrons. The largest absolute Gasteiger partial charge is 0.330 e. The van der Waals surface area contributed by atoms with Gasteiger partial charge in [-0.15, -0.1) is 0 Å². The first-order valence-electron chi connectivity index (χ1n) is 5.61. The van der Waals surface area contributed by atoms with Gasteiger partial charge in [-0.1, -0.05) is 20.3 Å². The summed E-state index contributed by atoms with van der Waals surface area (Å²) in [5, 5.41) is 0. The molecule has 0 bridgehead atoms. The highest BCUT2D eigenvalue weighted by atomic mass is 15.2. The van der Waals surface area contributed by atoms with Crippen LogP contribution in [0, 0.1) is 11.8 Å². The molecule has 0 aromatic heterocycles. The number of hydrogen-bond donors (Lipinski definition) is 1. The summed E-state index contributed by atoms with van der Waals surface area (Å²) in [6.07, 6.45) is 2.59. The molecule has 1 aliphatic rings. The number of rotatable bonds is 4. The van der Waals surface area contributed by atoms with Gasteiger partial charge in [0.25, 0.3) is 0 Å². The fourth-order valence-corrected chi connectivity index (χ4v) is 2.17. The Morgan fingerprint density at radius 1 is 1.54 bits per heavy atom. The Labute approximate surface area is 82.5 Å². The summed E-state index contributed by atoms with van der Waals surface area (Å²) in [7, 11) is 0. The van der Waals surface area contributed by atoms with Crippen molar-refractivity contribution in [2.45, 2.75) is 39.7 Å². The summed E-state index contributed by atoms with van der Waals surface area (Å²) in [6, 6.07) is 0.752. The lowest BCUT2D eigenvalue weighted by Crippen LogP contribution is -2.32. The minimum atomic E-state index is 0.749. The average Bonchev–Trinajstić information content (AvgIpc) is 2.47. The maximum Gasteiger partial charge on any atom is 0.00707 e. The maximum absolute atomic E-state index is 5.69. The van der Waals surface area contributed by atoms with Gasteiger partial charge in [-0.2, -0.15) is 0 Å². The minimum absolute atomic E-state index is 0.749. The predicted octanol–water partition coefficient (Wildman–Crippen LogP) is 1.70. The smallest absolute Gasteiger partial charge is 0.00707 e. The zero-order valence-electron chi connectivity index (χ0n) is 9.29. The fourth-order valence-electron chi connectivity index (χ4n) is 2.17. The molecule has 0 aliphatic carbocycles. The van der Waals surface area contributed by atoms with Gasteiger partial charge in [0.05, 0.1) is 0 Å². The van der Waals surface area contributed by atoms with Gasteiger partial charge >= 0.3 is 0 Å². The Kier molecular flexibility index (Phi) is 4.20. The third-order valence-electron chi connectivity index (χ3n) is 3.37. The van der Waals surface area contributed by atoms with Gasteiger partial charge in [-0.05, 0) is 31.7 Å². The first kappa shape index (κ1) is 11.0. The van der Waals surface area contributed by atoms with Crippen molar-refractivity contribution in [3.8, 4) is 0 Å². The quantitative estimate of drug-likeness (QED) is 0.720. The third kappa shape index (κ3) is 2.96. The average molecular weight is 184 g/mol. The molecule has 2 nitrogen and oxygen atoms in total. The molecule has 0 saturated carbocycles. The molecule has 1 rings (SSSR count). The van der Waals surface area contributed by atoms with Crippen molar-refractivity contribution in [3.05, 3.63) is 0 Å². The molecular formula is C11H24N2. The van der Waals surface area contributed by atoms with E-state index in [0.29, 0.717) is 0 Å². The van der Waals surface area contributed by atoms with Crippen LogP contribution < -0.4 is 5.73 Å². The van der Waals surface area contributed by atoms with Crippen LogP contribution in [-0.4, -0.2) is 30.6 Å². The van der Waals surface area contributed by atoms with Crippen LogP contribution in [0.1, 0.15) is 33.6 Å². The van der Waals surface area contributed by atoms with Crippen LogP contribution >= 0.6 is 0 Å². The van der Waals surface area contributed by atoms with E-state index in [4.69, 9.17) is 5.73 Å². The summed E-state index contributed by atoms with van der Waals surface area (Å²) in [5.41, 5.74) is 5.69.